The Morgan fingerprint density at radius 2 is 2.26 bits per heavy atom. The van der Waals surface area contributed by atoms with Crippen LogP contribution in [0.3, 0.4) is 0 Å². The fourth-order valence-corrected chi connectivity index (χ4v) is 3.64. The van der Waals surface area contributed by atoms with Gasteiger partial charge in [0.05, 0.1) is 19.1 Å². The summed E-state index contributed by atoms with van der Waals surface area (Å²) < 4.78 is 5.08. The lowest BCUT2D eigenvalue weighted by molar-refractivity contribution is -0.117. The fraction of sp³-hybridized carbons (Fsp3) is 0.118. The first-order valence-electron chi connectivity index (χ1n) is 6.95. The number of carbonyl (C=O) groups excluding carboxylic acids is 1. The largest absolute Gasteiger partial charge is 0.472 e. The number of amides is 1. The number of hydrogen-bond acceptors (Lipinski definition) is 5. The molecule has 0 aliphatic rings. The van der Waals surface area contributed by atoms with E-state index in [4.69, 9.17) is 4.42 Å². The molecule has 3 aromatic heterocycles. The van der Waals surface area contributed by atoms with Crippen molar-refractivity contribution in [2.45, 2.75) is 5.60 Å². The van der Waals surface area contributed by atoms with Gasteiger partial charge in [-0.15, -0.1) is 11.3 Å². The molecular weight excluding hydrogens is 330 g/mol. The summed E-state index contributed by atoms with van der Waals surface area (Å²) in [6.45, 7) is 0.0693. The number of nitrogens with one attached hydrogen (secondary N) is 1. The molecule has 0 bridgehead atoms. The van der Waals surface area contributed by atoms with E-state index in [0.717, 1.165) is 10.4 Å². The van der Waals surface area contributed by atoms with Crippen LogP contribution in [0.5, 0.6) is 0 Å². The molecule has 3 rings (SSSR count). The van der Waals surface area contributed by atoms with Gasteiger partial charge in [-0.3, -0.25) is 4.79 Å². The molecule has 4 nitrogen and oxygen atoms in total. The summed E-state index contributed by atoms with van der Waals surface area (Å²) >= 11 is 3.00. The van der Waals surface area contributed by atoms with Gasteiger partial charge in [0.1, 0.15) is 5.60 Å². The average molecular weight is 345 g/mol. The van der Waals surface area contributed by atoms with Crippen molar-refractivity contribution in [2.75, 3.05) is 6.54 Å². The molecule has 1 amide bonds. The highest BCUT2D eigenvalue weighted by Gasteiger charge is 2.34. The molecule has 0 saturated carbocycles. The van der Waals surface area contributed by atoms with Crippen LogP contribution in [0.1, 0.15) is 16.0 Å². The van der Waals surface area contributed by atoms with Gasteiger partial charge in [0.25, 0.3) is 0 Å². The van der Waals surface area contributed by atoms with Gasteiger partial charge in [0.2, 0.25) is 5.91 Å². The topological polar surface area (TPSA) is 62.5 Å². The second-order valence-corrected chi connectivity index (χ2v) is 6.69. The third kappa shape index (κ3) is 3.61. The Balaban J connectivity index is 1.71. The quantitative estimate of drug-likeness (QED) is 0.673. The normalized spacial score (nSPS) is 14.0. The molecule has 3 aromatic rings. The minimum absolute atomic E-state index is 0.0693. The number of furan rings is 1. The van der Waals surface area contributed by atoms with Crippen LogP contribution < -0.4 is 5.32 Å². The van der Waals surface area contributed by atoms with Crippen molar-refractivity contribution in [1.82, 2.24) is 5.32 Å². The first-order chi connectivity index (χ1) is 11.2. The molecule has 23 heavy (non-hydrogen) atoms. The molecule has 0 aromatic carbocycles. The smallest absolute Gasteiger partial charge is 0.244 e. The van der Waals surface area contributed by atoms with Crippen molar-refractivity contribution >= 4 is 34.7 Å². The lowest BCUT2D eigenvalue weighted by atomic mass is 9.94. The zero-order valence-electron chi connectivity index (χ0n) is 12.1. The molecule has 6 heteroatoms. The van der Waals surface area contributed by atoms with Crippen molar-refractivity contribution in [3.05, 3.63) is 75.0 Å². The molecule has 0 aliphatic carbocycles. The van der Waals surface area contributed by atoms with Crippen LogP contribution in [-0.4, -0.2) is 17.6 Å². The zero-order valence-corrected chi connectivity index (χ0v) is 13.8. The van der Waals surface area contributed by atoms with Crippen molar-refractivity contribution < 1.29 is 14.3 Å². The number of rotatable bonds is 6. The number of carbonyl (C=O) groups is 1. The van der Waals surface area contributed by atoms with Gasteiger partial charge in [0.15, 0.2) is 0 Å². The predicted octanol–water partition coefficient (Wildman–Crippen LogP) is 3.47. The maximum Gasteiger partial charge on any atom is 0.244 e. The Morgan fingerprint density at radius 1 is 1.35 bits per heavy atom. The molecule has 0 radical (unpaired) electrons. The van der Waals surface area contributed by atoms with Crippen LogP contribution in [0, 0.1) is 0 Å². The Labute approximate surface area is 141 Å². The van der Waals surface area contributed by atoms with E-state index in [-0.39, 0.29) is 12.5 Å². The minimum atomic E-state index is -1.30. The maximum absolute atomic E-state index is 12.0. The van der Waals surface area contributed by atoms with Gasteiger partial charge in [0, 0.05) is 16.5 Å². The monoisotopic (exact) mass is 345 g/mol. The molecule has 0 spiro atoms. The number of aliphatic hydroxyl groups is 1. The second-order valence-electron chi connectivity index (χ2n) is 4.96. The Morgan fingerprint density at radius 3 is 2.91 bits per heavy atom. The van der Waals surface area contributed by atoms with Crippen molar-refractivity contribution in [3.63, 3.8) is 0 Å². The first-order valence-corrected chi connectivity index (χ1v) is 8.78. The molecule has 118 valence electrons. The standard InChI is InChI=1S/C17H15NO3S2/c19-16(4-3-13-6-9-22-11-13)18-12-17(20,14-5-7-21-10-14)15-2-1-8-23-15/h1-11,20H,12H2,(H,18,19)/b4-3+. The summed E-state index contributed by atoms with van der Waals surface area (Å²) in [7, 11) is 0. The summed E-state index contributed by atoms with van der Waals surface area (Å²) in [5, 5.41) is 19.6. The minimum Gasteiger partial charge on any atom is -0.472 e. The SMILES string of the molecule is O=C(/C=C/c1ccsc1)NCC(O)(c1ccoc1)c1cccs1. The lowest BCUT2D eigenvalue weighted by Crippen LogP contribution is -2.40. The second kappa shape index (κ2) is 6.95. The van der Waals surface area contributed by atoms with E-state index in [2.05, 4.69) is 5.32 Å². The van der Waals surface area contributed by atoms with Crippen LogP contribution in [0.15, 0.2) is 63.4 Å². The molecular formula is C17H15NO3S2. The third-order valence-corrected chi connectivity index (χ3v) is 5.14. The third-order valence-electron chi connectivity index (χ3n) is 3.42. The summed E-state index contributed by atoms with van der Waals surface area (Å²) in [6, 6.07) is 7.34. The van der Waals surface area contributed by atoms with Gasteiger partial charge >= 0.3 is 0 Å². The van der Waals surface area contributed by atoms with Crippen LogP contribution in [0.25, 0.3) is 6.08 Å². The highest BCUT2D eigenvalue weighted by molar-refractivity contribution is 7.10. The fourth-order valence-electron chi connectivity index (χ4n) is 2.16. The summed E-state index contributed by atoms with van der Waals surface area (Å²) in [5.74, 6) is -0.255. The summed E-state index contributed by atoms with van der Waals surface area (Å²) in [5.41, 5.74) is 0.295. The Kier molecular flexibility index (Phi) is 4.76. The van der Waals surface area contributed by atoms with Crippen molar-refractivity contribution in [1.29, 1.82) is 0 Å². The van der Waals surface area contributed by atoms with Gasteiger partial charge in [-0.2, -0.15) is 11.3 Å². The van der Waals surface area contributed by atoms with Gasteiger partial charge in [-0.25, -0.2) is 0 Å². The molecule has 2 N–H and O–H groups in total. The first kappa shape index (κ1) is 15.7. The molecule has 0 aliphatic heterocycles. The average Bonchev–Trinajstić information content (AvgIpc) is 3.33. The number of hydrogen-bond donors (Lipinski definition) is 2. The molecule has 3 heterocycles. The van der Waals surface area contributed by atoms with Gasteiger partial charge in [-0.05, 0) is 46.0 Å². The molecule has 1 atom stereocenters. The van der Waals surface area contributed by atoms with Crippen LogP contribution >= 0.6 is 22.7 Å². The Hall–Kier alpha value is -2.15. The van der Waals surface area contributed by atoms with E-state index in [0.29, 0.717) is 5.56 Å². The lowest BCUT2D eigenvalue weighted by Gasteiger charge is -2.26. The zero-order chi connectivity index (χ0) is 16.1. The van der Waals surface area contributed by atoms with E-state index >= 15 is 0 Å². The van der Waals surface area contributed by atoms with Crippen molar-refractivity contribution in [3.8, 4) is 0 Å². The van der Waals surface area contributed by atoms with Crippen LogP contribution in [0.2, 0.25) is 0 Å². The highest BCUT2D eigenvalue weighted by Crippen LogP contribution is 2.32. The van der Waals surface area contributed by atoms with Crippen molar-refractivity contribution in [2.24, 2.45) is 0 Å². The van der Waals surface area contributed by atoms with Crippen LogP contribution in [0.4, 0.5) is 0 Å². The highest BCUT2D eigenvalue weighted by atomic mass is 32.1. The number of thiophene rings is 2. The molecule has 1 unspecified atom stereocenters. The molecule has 0 fully saturated rings. The van der Waals surface area contributed by atoms with E-state index in [1.807, 2.05) is 34.3 Å². The summed E-state index contributed by atoms with van der Waals surface area (Å²) in [6.07, 6.45) is 6.21. The predicted molar refractivity (Wildman–Crippen MR) is 92.4 cm³/mol. The van der Waals surface area contributed by atoms with E-state index in [1.165, 1.54) is 29.9 Å². The van der Waals surface area contributed by atoms with E-state index < -0.39 is 5.60 Å². The maximum atomic E-state index is 12.0. The summed E-state index contributed by atoms with van der Waals surface area (Å²) in [4.78, 5) is 12.7. The Bertz CT molecular complexity index is 725. The molecule has 0 saturated heterocycles. The van der Waals surface area contributed by atoms with Gasteiger partial charge in [-0.1, -0.05) is 6.07 Å². The van der Waals surface area contributed by atoms with E-state index in [1.54, 1.807) is 23.5 Å². The van der Waals surface area contributed by atoms with Gasteiger partial charge < -0.3 is 14.8 Å². The van der Waals surface area contributed by atoms with E-state index in [9.17, 15) is 9.90 Å². The van der Waals surface area contributed by atoms with Crippen LogP contribution in [-0.2, 0) is 10.4 Å².